The third-order valence-electron chi connectivity index (χ3n) is 6.38. The molecule has 1 spiro atoms. The number of hydrogen-bond acceptors (Lipinski definition) is 7. The van der Waals surface area contributed by atoms with Crippen LogP contribution in [-0.4, -0.2) is 72.8 Å². The molecule has 3 unspecified atom stereocenters. The first kappa shape index (κ1) is 19.5. The number of carbonyl (C=O) groups excluding carboxylic acids is 3. The summed E-state index contributed by atoms with van der Waals surface area (Å²) in [6.07, 6.45) is 4.25. The van der Waals surface area contributed by atoms with Crippen LogP contribution < -0.4 is 0 Å². The van der Waals surface area contributed by atoms with Gasteiger partial charge in [0.2, 0.25) is 0 Å². The van der Waals surface area contributed by atoms with Gasteiger partial charge in [-0.1, -0.05) is 0 Å². The summed E-state index contributed by atoms with van der Waals surface area (Å²) in [5.41, 5.74) is -0.525. The predicted octanol–water partition coefficient (Wildman–Crippen LogP) is 1.83. The Labute approximate surface area is 166 Å². The Hall–Kier alpha value is -1.77. The third kappa shape index (κ3) is 3.73. The van der Waals surface area contributed by atoms with Crippen LogP contribution in [0.25, 0.3) is 0 Å². The molecule has 1 amide bonds. The van der Waals surface area contributed by atoms with Gasteiger partial charge in [-0.15, -0.1) is 0 Å². The summed E-state index contributed by atoms with van der Waals surface area (Å²) in [5, 5.41) is 0. The second-order valence-electron chi connectivity index (χ2n) is 9.87. The van der Waals surface area contributed by atoms with Gasteiger partial charge in [0.1, 0.15) is 5.60 Å². The lowest BCUT2D eigenvalue weighted by atomic mass is 9.72. The van der Waals surface area contributed by atoms with Gasteiger partial charge in [0.25, 0.3) is 0 Å². The highest BCUT2D eigenvalue weighted by Gasteiger charge is 2.68. The summed E-state index contributed by atoms with van der Waals surface area (Å²) in [4.78, 5) is 40.3. The van der Waals surface area contributed by atoms with Crippen LogP contribution in [0, 0.1) is 5.41 Å². The maximum atomic E-state index is 12.6. The number of piperidine rings is 1. The van der Waals surface area contributed by atoms with Crippen LogP contribution in [-0.2, 0) is 23.6 Å². The third-order valence-corrected chi connectivity index (χ3v) is 6.38. The zero-order valence-corrected chi connectivity index (χ0v) is 17.1. The Bertz CT molecular complexity index is 658. The lowest BCUT2D eigenvalue weighted by Crippen LogP contribution is -2.50. The molecule has 9 heteroatoms. The number of amides is 1. The Morgan fingerprint density at radius 1 is 1.07 bits per heavy atom. The molecule has 2 bridgehead atoms. The molecule has 4 aliphatic rings. The summed E-state index contributed by atoms with van der Waals surface area (Å²) >= 11 is 0. The molecule has 4 rings (SSSR count). The number of carbonyl (C=O) groups is 3. The molecule has 4 fully saturated rings. The maximum Gasteiger partial charge on any atom is 0.602 e. The van der Waals surface area contributed by atoms with Crippen molar-refractivity contribution >= 4 is 25.2 Å². The van der Waals surface area contributed by atoms with Crippen LogP contribution in [0.4, 0.5) is 4.79 Å². The van der Waals surface area contributed by atoms with Gasteiger partial charge >= 0.3 is 25.2 Å². The van der Waals surface area contributed by atoms with Crippen molar-refractivity contribution in [2.24, 2.45) is 5.41 Å². The van der Waals surface area contributed by atoms with Gasteiger partial charge in [0, 0.05) is 17.9 Å². The fraction of sp³-hybridized carbons (Fsp3) is 0.842. The van der Waals surface area contributed by atoms with E-state index >= 15 is 0 Å². The normalized spacial score (nSPS) is 35.9. The maximum absolute atomic E-state index is 12.6. The van der Waals surface area contributed by atoms with Crippen LogP contribution in [0.5, 0.6) is 0 Å². The number of nitrogens with zero attached hydrogens (tertiary/aromatic N) is 2. The van der Waals surface area contributed by atoms with Gasteiger partial charge in [0.05, 0.1) is 13.1 Å². The zero-order valence-electron chi connectivity index (χ0n) is 17.1. The van der Waals surface area contributed by atoms with Crippen molar-refractivity contribution in [1.82, 2.24) is 9.80 Å². The van der Waals surface area contributed by atoms with Crippen LogP contribution >= 0.6 is 0 Å². The van der Waals surface area contributed by atoms with Gasteiger partial charge in [-0.2, -0.15) is 0 Å². The smallest absolute Gasteiger partial charge is 0.498 e. The number of fused-ring (bicyclic) bond motifs is 2. The topological polar surface area (TPSA) is 85.4 Å². The van der Waals surface area contributed by atoms with Crippen LogP contribution in [0.3, 0.4) is 0 Å². The second-order valence-corrected chi connectivity index (χ2v) is 9.87. The van der Waals surface area contributed by atoms with E-state index in [1.807, 2.05) is 25.7 Å². The van der Waals surface area contributed by atoms with Gasteiger partial charge in [-0.05, 0) is 65.3 Å². The molecule has 3 saturated heterocycles. The first-order valence-electron chi connectivity index (χ1n) is 10.2. The Kier molecular flexibility index (Phi) is 4.64. The van der Waals surface area contributed by atoms with E-state index in [1.54, 1.807) is 11.9 Å². The zero-order chi connectivity index (χ0) is 20.3. The molecule has 0 aromatic heterocycles. The fourth-order valence-corrected chi connectivity index (χ4v) is 5.25. The van der Waals surface area contributed by atoms with Crippen LogP contribution in [0.15, 0.2) is 0 Å². The Morgan fingerprint density at radius 2 is 1.61 bits per heavy atom. The molecule has 3 atom stereocenters. The van der Waals surface area contributed by atoms with Gasteiger partial charge in [-0.3, -0.25) is 14.5 Å². The first-order valence-corrected chi connectivity index (χ1v) is 10.2. The molecular formula is C19H29BN2O6. The fourth-order valence-electron chi connectivity index (χ4n) is 5.25. The summed E-state index contributed by atoms with van der Waals surface area (Å²) in [6, 6.07) is 0.286. The van der Waals surface area contributed by atoms with E-state index in [-0.39, 0.29) is 54.4 Å². The van der Waals surface area contributed by atoms with E-state index in [9.17, 15) is 14.4 Å². The molecule has 1 aliphatic carbocycles. The van der Waals surface area contributed by atoms with Gasteiger partial charge in [-0.25, -0.2) is 4.79 Å². The molecule has 28 heavy (non-hydrogen) atoms. The minimum Gasteiger partial charge on any atom is -0.498 e. The SMILES string of the molecule is CN1CC(=O)OB(C2CC23CC2CCC(C3)N2C(=O)OC(C)(C)C)OC(=O)C1. The molecule has 3 aliphatic heterocycles. The molecule has 3 heterocycles. The average molecular weight is 392 g/mol. The highest BCUT2D eigenvalue weighted by molar-refractivity contribution is 6.52. The number of rotatable bonds is 1. The summed E-state index contributed by atoms with van der Waals surface area (Å²) in [7, 11) is 0.882. The standard InChI is InChI=1S/C19H29BN2O6/c1-18(2,3)26-17(25)22-12-5-6-13(22)8-19(7-12)9-14(19)20-27-15(23)10-21(4)11-16(24)28-20/h12-14H,5-11H2,1-4H3. The minimum absolute atomic E-state index is 0.0132. The Balaban J connectivity index is 1.43. The van der Waals surface area contributed by atoms with Gasteiger partial charge < -0.3 is 18.9 Å². The summed E-state index contributed by atoms with van der Waals surface area (Å²) in [6.45, 7) is 5.81. The van der Waals surface area contributed by atoms with Crippen molar-refractivity contribution in [3.05, 3.63) is 0 Å². The van der Waals surface area contributed by atoms with E-state index in [0.717, 1.165) is 32.1 Å². The molecular weight excluding hydrogens is 363 g/mol. The average Bonchev–Trinajstić information content (AvgIpc) is 3.12. The van der Waals surface area contributed by atoms with Crippen LogP contribution in [0.1, 0.15) is 52.9 Å². The van der Waals surface area contributed by atoms with Crippen molar-refractivity contribution in [1.29, 1.82) is 0 Å². The summed E-state index contributed by atoms with van der Waals surface area (Å²) < 4.78 is 16.6. The highest BCUT2D eigenvalue weighted by Crippen LogP contribution is 2.69. The second kappa shape index (κ2) is 6.64. The molecule has 0 N–H and O–H groups in total. The van der Waals surface area contributed by atoms with Crippen molar-refractivity contribution in [2.45, 2.75) is 76.4 Å². The lowest BCUT2D eigenvalue weighted by Gasteiger charge is -2.40. The van der Waals surface area contributed by atoms with Crippen molar-refractivity contribution in [2.75, 3.05) is 20.1 Å². The van der Waals surface area contributed by atoms with E-state index < -0.39 is 12.7 Å². The number of ether oxygens (including phenoxy) is 1. The largest absolute Gasteiger partial charge is 0.602 e. The quantitative estimate of drug-likeness (QED) is 0.630. The molecule has 1 saturated carbocycles. The molecule has 8 nitrogen and oxygen atoms in total. The highest BCUT2D eigenvalue weighted by atomic mass is 16.6. The minimum atomic E-state index is -0.804. The van der Waals surface area contributed by atoms with Crippen molar-refractivity contribution in [3.8, 4) is 0 Å². The van der Waals surface area contributed by atoms with Crippen molar-refractivity contribution < 1.29 is 28.4 Å². The van der Waals surface area contributed by atoms with E-state index in [2.05, 4.69) is 0 Å². The Morgan fingerprint density at radius 3 is 2.11 bits per heavy atom. The monoisotopic (exact) mass is 392 g/mol. The molecule has 0 radical (unpaired) electrons. The number of hydrogen-bond donors (Lipinski definition) is 0. The van der Waals surface area contributed by atoms with Gasteiger partial charge in [0.15, 0.2) is 0 Å². The molecule has 154 valence electrons. The van der Waals surface area contributed by atoms with E-state index in [1.165, 1.54) is 0 Å². The predicted molar refractivity (Wildman–Crippen MR) is 100 cm³/mol. The molecule has 0 aromatic rings. The van der Waals surface area contributed by atoms with E-state index in [4.69, 9.17) is 14.0 Å². The number of likely N-dealkylation sites (N-methyl/N-ethyl adjacent to an activating group) is 1. The first-order chi connectivity index (χ1) is 13.1. The lowest BCUT2D eigenvalue weighted by molar-refractivity contribution is -0.145. The van der Waals surface area contributed by atoms with E-state index in [0.29, 0.717) is 0 Å². The molecule has 0 aromatic carbocycles. The summed E-state index contributed by atoms with van der Waals surface area (Å²) in [5.74, 6) is -0.708. The van der Waals surface area contributed by atoms with Crippen molar-refractivity contribution in [3.63, 3.8) is 0 Å². The van der Waals surface area contributed by atoms with Crippen LogP contribution in [0.2, 0.25) is 5.82 Å².